The second-order valence-electron chi connectivity index (χ2n) is 7.76. The van der Waals surface area contributed by atoms with Crippen LogP contribution in [0.15, 0.2) is 36.7 Å². The highest BCUT2D eigenvalue weighted by atomic mass is 16.3. The first kappa shape index (κ1) is 19.3. The van der Waals surface area contributed by atoms with Gasteiger partial charge >= 0.3 is 0 Å². The van der Waals surface area contributed by atoms with Crippen LogP contribution in [-0.2, 0) is 7.05 Å². The standard InChI is InChI=1S/C22H23N7O2/c1-13-19-14(12-28(2)27-19)11-17(21(13)30)25-22(31)16-3-4-18(29-9-7-23-8-10-29)15-5-6-24-26-20(15)16/h3-6,11-12,23,30H,7-10H2,1-2H3,(H,25,31). The lowest BCUT2D eigenvalue weighted by atomic mass is 10.1. The van der Waals surface area contributed by atoms with Crippen molar-refractivity contribution in [3.63, 3.8) is 0 Å². The molecule has 0 aliphatic carbocycles. The number of carbonyl (C=O) groups is 1. The molecule has 9 heteroatoms. The number of nitrogens with zero attached hydrogens (tertiary/aromatic N) is 5. The van der Waals surface area contributed by atoms with Gasteiger partial charge in [0, 0.05) is 61.4 Å². The summed E-state index contributed by atoms with van der Waals surface area (Å²) in [6.07, 6.45) is 3.49. The molecule has 0 spiro atoms. The minimum atomic E-state index is -0.352. The Hall–Kier alpha value is -3.72. The first-order chi connectivity index (χ1) is 15.0. The summed E-state index contributed by atoms with van der Waals surface area (Å²) < 4.78 is 1.68. The van der Waals surface area contributed by atoms with Crippen LogP contribution in [-0.4, -0.2) is 57.2 Å². The molecule has 1 saturated heterocycles. The fourth-order valence-electron chi connectivity index (χ4n) is 4.16. The fraction of sp³-hybridized carbons (Fsp3) is 0.273. The highest BCUT2D eigenvalue weighted by Crippen LogP contribution is 2.35. The first-order valence-electron chi connectivity index (χ1n) is 10.2. The molecule has 158 valence electrons. The fourth-order valence-corrected chi connectivity index (χ4v) is 4.16. The van der Waals surface area contributed by atoms with Crippen LogP contribution in [0.1, 0.15) is 15.9 Å². The van der Waals surface area contributed by atoms with Gasteiger partial charge in [0.05, 0.1) is 23.0 Å². The minimum absolute atomic E-state index is 0.00683. The summed E-state index contributed by atoms with van der Waals surface area (Å²) in [6, 6.07) is 7.35. The van der Waals surface area contributed by atoms with E-state index in [9.17, 15) is 9.90 Å². The van der Waals surface area contributed by atoms with Gasteiger partial charge in [-0.15, -0.1) is 5.10 Å². The zero-order valence-electron chi connectivity index (χ0n) is 17.4. The van der Waals surface area contributed by atoms with E-state index in [1.807, 2.05) is 25.4 Å². The lowest BCUT2D eigenvalue weighted by molar-refractivity contribution is 0.102. The number of anilines is 2. The Balaban J connectivity index is 1.53. The van der Waals surface area contributed by atoms with Crippen LogP contribution in [0.5, 0.6) is 5.75 Å². The number of phenolic OH excluding ortho intramolecular Hbond substituents is 1. The Morgan fingerprint density at radius 3 is 2.81 bits per heavy atom. The predicted molar refractivity (Wildman–Crippen MR) is 120 cm³/mol. The monoisotopic (exact) mass is 417 g/mol. The molecule has 31 heavy (non-hydrogen) atoms. The number of amides is 1. The zero-order valence-corrected chi connectivity index (χ0v) is 17.4. The molecule has 0 unspecified atom stereocenters. The van der Waals surface area contributed by atoms with Crippen LogP contribution in [0.4, 0.5) is 11.4 Å². The molecule has 0 radical (unpaired) electrons. The molecule has 1 aliphatic rings. The number of hydrogen-bond donors (Lipinski definition) is 3. The van der Waals surface area contributed by atoms with Crippen molar-refractivity contribution in [2.45, 2.75) is 6.92 Å². The van der Waals surface area contributed by atoms with Crippen LogP contribution in [0.3, 0.4) is 0 Å². The van der Waals surface area contributed by atoms with Gasteiger partial charge in [0.25, 0.3) is 5.91 Å². The largest absolute Gasteiger partial charge is 0.505 e. The molecule has 4 aromatic rings. The number of aromatic nitrogens is 4. The summed E-state index contributed by atoms with van der Waals surface area (Å²) in [7, 11) is 1.82. The number of hydrogen-bond acceptors (Lipinski definition) is 7. The maximum atomic E-state index is 13.2. The first-order valence-corrected chi connectivity index (χ1v) is 10.2. The van der Waals surface area contributed by atoms with Crippen molar-refractivity contribution in [3.05, 3.63) is 47.8 Å². The van der Waals surface area contributed by atoms with Gasteiger partial charge in [-0.1, -0.05) is 0 Å². The van der Waals surface area contributed by atoms with E-state index < -0.39 is 0 Å². The molecule has 2 aromatic heterocycles. The molecule has 0 bridgehead atoms. The van der Waals surface area contributed by atoms with Gasteiger partial charge in [-0.2, -0.15) is 10.2 Å². The number of piperazine rings is 1. The number of fused-ring (bicyclic) bond motifs is 2. The molecular formula is C22H23N7O2. The molecule has 2 aromatic carbocycles. The van der Waals surface area contributed by atoms with E-state index >= 15 is 0 Å². The maximum absolute atomic E-state index is 13.2. The van der Waals surface area contributed by atoms with E-state index in [-0.39, 0.29) is 11.7 Å². The number of rotatable bonds is 3. The van der Waals surface area contributed by atoms with Gasteiger partial charge < -0.3 is 20.6 Å². The molecule has 1 amide bonds. The Morgan fingerprint density at radius 1 is 1.19 bits per heavy atom. The highest BCUT2D eigenvalue weighted by Gasteiger charge is 2.20. The van der Waals surface area contributed by atoms with E-state index in [0.717, 1.165) is 42.6 Å². The van der Waals surface area contributed by atoms with Crippen molar-refractivity contribution in [1.29, 1.82) is 0 Å². The molecule has 0 atom stereocenters. The van der Waals surface area contributed by atoms with Crippen LogP contribution in [0.2, 0.25) is 0 Å². The predicted octanol–water partition coefficient (Wildman–Crippen LogP) is 2.19. The Bertz CT molecular complexity index is 1310. The molecule has 0 saturated carbocycles. The van der Waals surface area contributed by atoms with E-state index in [1.54, 1.807) is 29.9 Å². The third kappa shape index (κ3) is 3.32. The second-order valence-corrected chi connectivity index (χ2v) is 7.76. The Kier molecular flexibility index (Phi) is 4.67. The lowest BCUT2D eigenvalue weighted by Crippen LogP contribution is -2.43. The van der Waals surface area contributed by atoms with Crippen LogP contribution < -0.4 is 15.5 Å². The summed E-state index contributed by atoms with van der Waals surface area (Å²) in [5.41, 5.74) is 3.64. The molecule has 5 rings (SSSR count). The molecule has 9 nitrogen and oxygen atoms in total. The van der Waals surface area contributed by atoms with Crippen molar-refractivity contribution in [2.24, 2.45) is 7.05 Å². The second kappa shape index (κ2) is 7.51. The summed E-state index contributed by atoms with van der Waals surface area (Å²) in [5, 5.41) is 31.2. The summed E-state index contributed by atoms with van der Waals surface area (Å²) in [6.45, 7) is 5.39. The van der Waals surface area contributed by atoms with Crippen molar-refractivity contribution in [1.82, 2.24) is 25.3 Å². The topological polar surface area (TPSA) is 108 Å². The lowest BCUT2D eigenvalue weighted by Gasteiger charge is -2.30. The molecular weight excluding hydrogens is 394 g/mol. The van der Waals surface area contributed by atoms with Crippen LogP contribution >= 0.6 is 0 Å². The number of aryl methyl sites for hydroxylation is 2. The Labute approximate surface area is 178 Å². The number of carbonyl (C=O) groups excluding carboxylic acids is 1. The van der Waals surface area contributed by atoms with Crippen molar-refractivity contribution in [2.75, 3.05) is 36.4 Å². The third-order valence-electron chi connectivity index (χ3n) is 5.73. The molecule has 1 aliphatic heterocycles. The quantitative estimate of drug-likeness (QED) is 0.439. The molecule has 1 fully saturated rings. The highest BCUT2D eigenvalue weighted by molar-refractivity contribution is 6.14. The van der Waals surface area contributed by atoms with Crippen molar-refractivity contribution in [3.8, 4) is 5.75 Å². The minimum Gasteiger partial charge on any atom is -0.505 e. The Morgan fingerprint density at radius 2 is 2.00 bits per heavy atom. The normalized spacial score (nSPS) is 14.3. The van der Waals surface area contributed by atoms with Gasteiger partial charge in [-0.25, -0.2) is 0 Å². The van der Waals surface area contributed by atoms with Gasteiger partial charge in [-0.05, 0) is 31.2 Å². The summed E-state index contributed by atoms with van der Waals surface area (Å²) in [5.74, 6) is -0.345. The smallest absolute Gasteiger partial charge is 0.258 e. The maximum Gasteiger partial charge on any atom is 0.258 e. The van der Waals surface area contributed by atoms with Gasteiger partial charge in [0.15, 0.2) is 0 Å². The summed E-state index contributed by atoms with van der Waals surface area (Å²) >= 11 is 0. The van der Waals surface area contributed by atoms with E-state index in [1.165, 1.54) is 0 Å². The van der Waals surface area contributed by atoms with Gasteiger partial charge in [0.2, 0.25) is 0 Å². The van der Waals surface area contributed by atoms with Crippen LogP contribution in [0, 0.1) is 6.92 Å². The number of aromatic hydroxyl groups is 1. The average molecular weight is 417 g/mol. The van der Waals surface area contributed by atoms with Crippen molar-refractivity contribution >= 4 is 39.1 Å². The average Bonchev–Trinajstić information content (AvgIpc) is 3.17. The summed E-state index contributed by atoms with van der Waals surface area (Å²) in [4.78, 5) is 15.5. The molecule has 3 N–H and O–H groups in total. The van der Waals surface area contributed by atoms with Gasteiger partial charge in [-0.3, -0.25) is 9.48 Å². The number of benzene rings is 2. The SMILES string of the molecule is Cc1c(O)c(NC(=O)c2ccc(N3CCNCC3)c3ccnnc23)cc2cn(C)nc12. The van der Waals surface area contributed by atoms with Crippen LogP contribution in [0.25, 0.3) is 21.8 Å². The van der Waals surface area contributed by atoms with E-state index in [0.29, 0.717) is 27.8 Å². The van der Waals surface area contributed by atoms with E-state index in [4.69, 9.17) is 0 Å². The van der Waals surface area contributed by atoms with Crippen molar-refractivity contribution < 1.29 is 9.90 Å². The zero-order chi connectivity index (χ0) is 21.5. The molecule has 3 heterocycles. The number of nitrogens with one attached hydrogen (secondary N) is 2. The number of phenols is 1. The van der Waals surface area contributed by atoms with Gasteiger partial charge in [0.1, 0.15) is 11.3 Å². The van der Waals surface area contributed by atoms with E-state index in [2.05, 4.69) is 30.8 Å². The third-order valence-corrected chi connectivity index (χ3v) is 5.73.